The minimum atomic E-state index is 0.158. The van der Waals surface area contributed by atoms with Crippen LogP contribution < -0.4 is 0 Å². The summed E-state index contributed by atoms with van der Waals surface area (Å²) in [6, 6.07) is 24.9. The van der Waals surface area contributed by atoms with Gasteiger partial charge in [0.1, 0.15) is 0 Å². The van der Waals surface area contributed by atoms with Crippen molar-refractivity contribution in [1.29, 1.82) is 0 Å². The van der Waals surface area contributed by atoms with Crippen LogP contribution in [0.15, 0.2) is 90.3 Å². The molecule has 4 nitrogen and oxygen atoms in total. The monoisotopic (exact) mass is 358 g/mol. The summed E-state index contributed by atoms with van der Waals surface area (Å²) in [6.45, 7) is 0. The first-order chi connectivity index (χ1) is 12.8. The normalized spacial score (nSPS) is 11.0. The molecule has 0 unspecified atom stereocenters. The second-order valence-corrected chi connectivity index (χ2v) is 6.99. The fourth-order valence-corrected chi connectivity index (χ4v) is 3.99. The molecule has 26 heavy (non-hydrogen) atoms. The molecule has 0 atom stereocenters. The Morgan fingerprint density at radius 1 is 0.769 bits per heavy atom. The van der Waals surface area contributed by atoms with E-state index in [-0.39, 0.29) is 5.25 Å². The molecule has 0 aliphatic rings. The minimum Gasteiger partial charge on any atom is -0.305 e. The first kappa shape index (κ1) is 16.5. The van der Waals surface area contributed by atoms with Gasteiger partial charge in [-0.3, -0.25) is 4.98 Å². The van der Waals surface area contributed by atoms with E-state index >= 15 is 0 Å². The summed E-state index contributed by atoms with van der Waals surface area (Å²) in [5.74, 6) is 0.842. The Hall–Kier alpha value is -2.92. The molecular formula is C21H18N4S. The smallest absolute Gasteiger partial charge is 0.192 e. The molecule has 2 aromatic heterocycles. The average Bonchev–Trinajstić information content (AvgIpc) is 3.08. The second-order valence-electron chi connectivity index (χ2n) is 5.92. The Morgan fingerprint density at radius 2 is 1.35 bits per heavy atom. The third kappa shape index (κ3) is 3.39. The Kier molecular flexibility index (Phi) is 4.80. The van der Waals surface area contributed by atoms with E-state index in [9.17, 15) is 0 Å². The maximum atomic E-state index is 4.44. The first-order valence-electron chi connectivity index (χ1n) is 8.39. The second kappa shape index (κ2) is 7.54. The fraction of sp³-hybridized carbons (Fsp3) is 0.0952. The zero-order valence-corrected chi connectivity index (χ0v) is 15.2. The third-order valence-corrected chi connectivity index (χ3v) is 5.55. The van der Waals surface area contributed by atoms with Gasteiger partial charge in [0.05, 0.1) is 5.25 Å². The lowest BCUT2D eigenvalue weighted by molar-refractivity contribution is 0.791. The van der Waals surface area contributed by atoms with Crippen LogP contribution in [0.3, 0.4) is 0 Å². The molecule has 5 heteroatoms. The van der Waals surface area contributed by atoms with E-state index in [1.807, 2.05) is 35.9 Å². The number of aromatic nitrogens is 4. The molecular weight excluding hydrogens is 340 g/mol. The Labute approximate surface area is 157 Å². The maximum Gasteiger partial charge on any atom is 0.192 e. The van der Waals surface area contributed by atoms with Gasteiger partial charge >= 0.3 is 0 Å². The molecule has 0 aliphatic heterocycles. The Bertz CT molecular complexity index is 929. The van der Waals surface area contributed by atoms with Gasteiger partial charge in [0.15, 0.2) is 11.0 Å². The molecule has 0 bridgehead atoms. The Morgan fingerprint density at radius 3 is 1.92 bits per heavy atom. The molecule has 0 spiro atoms. The number of rotatable bonds is 5. The lowest BCUT2D eigenvalue weighted by Crippen LogP contribution is -2.00. The summed E-state index contributed by atoms with van der Waals surface area (Å²) in [6.07, 6.45) is 3.54. The topological polar surface area (TPSA) is 43.6 Å². The van der Waals surface area contributed by atoms with E-state index in [2.05, 4.69) is 63.7 Å². The summed E-state index contributed by atoms with van der Waals surface area (Å²) in [7, 11) is 2.01. The summed E-state index contributed by atoms with van der Waals surface area (Å²) in [4.78, 5) is 4.07. The summed E-state index contributed by atoms with van der Waals surface area (Å²) >= 11 is 1.71. The SMILES string of the molecule is Cn1c(SC(c2ccccc2)c2ccccc2)nnc1-c1ccncc1. The number of pyridine rings is 1. The quantitative estimate of drug-likeness (QED) is 0.483. The van der Waals surface area contributed by atoms with Crippen molar-refractivity contribution in [1.82, 2.24) is 19.7 Å². The van der Waals surface area contributed by atoms with Gasteiger partial charge in [-0.15, -0.1) is 10.2 Å². The largest absolute Gasteiger partial charge is 0.305 e. The molecule has 0 aliphatic carbocycles. The van der Waals surface area contributed by atoms with Crippen molar-refractivity contribution >= 4 is 11.8 Å². The molecule has 2 aromatic carbocycles. The van der Waals surface area contributed by atoms with Crippen LogP contribution >= 0.6 is 11.8 Å². The van der Waals surface area contributed by atoms with Crippen LogP contribution in [-0.4, -0.2) is 19.7 Å². The van der Waals surface area contributed by atoms with Crippen LogP contribution in [0.1, 0.15) is 16.4 Å². The maximum absolute atomic E-state index is 4.44. The van der Waals surface area contributed by atoms with Crippen molar-refractivity contribution in [3.63, 3.8) is 0 Å². The van der Waals surface area contributed by atoms with Crippen LogP contribution in [0, 0.1) is 0 Å². The van der Waals surface area contributed by atoms with E-state index in [0.29, 0.717) is 0 Å². The number of hydrogen-bond donors (Lipinski definition) is 0. The van der Waals surface area contributed by atoms with E-state index < -0.39 is 0 Å². The predicted octanol–water partition coefficient (Wildman–Crippen LogP) is 4.76. The van der Waals surface area contributed by atoms with Gasteiger partial charge in [0.25, 0.3) is 0 Å². The van der Waals surface area contributed by atoms with Gasteiger partial charge in [-0.2, -0.15) is 0 Å². The van der Waals surface area contributed by atoms with Gasteiger partial charge < -0.3 is 4.57 Å². The number of thioether (sulfide) groups is 1. The van der Waals surface area contributed by atoms with Crippen LogP contribution in [-0.2, 0) is 7.05 Å². The fourth-order valence-electron chi connectivity index (χ4n) is 2.86. The highest BCUT2D eigenvalue weighted by molar-refractivity contribution is 7.99. The van der Waals surface area contributed by atoms with Gasteiger partial charge in [0.2, 0.25) is 0 Å². The van der Waals surface area contributed by atoms with Crippen molar-refractivity contribution in [3.8, 4) is 11.4 Å². The zero-order valence-electron chi connectivity index (χ0n) is 14.4. The van der Waals surface area contributed by atoms with E-state index in [1.54, 1.807) is 24.2 Å². The highest BCUT2D eigenvalue weighted by Gasteiger charge is 2.20. The molecule has 128 valence electrons. The molecule has 0 amide bonds. The van der Waals surface area contributed by atoms with E-state index in [0.717, 1.165) is 16.5 Å². The van der Waals surface area contributed by atoms with Gasteiger partial charge in [-0.1, -0.05) is 72.4 Å². The number of hydrogen-bond acceptors (Lipinski definition) is 4. The standard InChI is InChI=1S/C21H18N4S/c1-25-20(18-12-14-22-15-13-18)23-24-21(25)26-19(16-8-4-2-5-9-16)17-10-6-3-7-11-17/h2-15,19H,1H3. The highest BCUT2D eigenvalue weighted by atomic mass is 32.2. The van der Waals surface area contributed by atoms with Gasteiger partial charge in [-0.25, -0.2) is 0 Å². The highest BCUT2D eigenvalue weighted by Crippen LogP contribution is 2.40. The summed E-state index contributed by atoms with van der Waals surface area (Å²) in [5, 5.41) is 9.87. The third-order valence-electron chi connectivity index (χ3n) is 4.20. The van der Waals surface area contributed by atoms with Crippen molar-refractivity contribution in [2.45, 2.75) is 10.4 Å². The predicted molar refractivity (Wildman–Crippen MR) is 105 cm³/mol. The molecule has 0 saturated heterocycles. The molecule has 0 radical (unpaired) electrons. The van der Waals surface area contributed by atoms with Crippen LogP contribution in [0.5, 0.6) is 0 Å². The van der Waals surface area contributed by atoms with E-state index in [4.69, 9.17) is 0 Å². The number of nitrogens with zero attached hydrogens (tertiary/aromatic N) is 4. The average molecular weight is 358 g/mol. The van der Waals surface area contributed by atoms with Gasteiger partial charge in [-0.05, 0) is 23.3 Å². The van der Waals surface area contributed by atoms with Crippen molar-refractivity contribution < 1.29 is 0 Å². The minimum absolute atomic E-state index is 0.158. The zero-order chi connectivity index (χ0) is 17.8. The molecule has 0 fully saturated rings. The lowest BCUT2D eigenvalue weighted by atomic mass is 10.0. The molecule has 2 heterocycles. The lowest BCUT2D eigenvalue weighted by Gasteiger charge is -2.17. The molecule has 4 aromatic rings. The first-order valence-corrected chi connectivity index (χ1v) is 9.27. The summed E-state index contributed by atoms with van der Waals surface area (Å²) < 4.78 is 2.04. The van der Waals surface area contributed by atoms with Crippen LogP contribution in [0.4, 0.5) is 0 Å². The van der Waals surface area contributed by atoms with Gasteiger partial charge in [0, 0.05) is 25.0 Å². The summed E-state index contributed by atoms with van der Waals surface area (Å²) in [5.41, 5.74) is 3.51. The van der Waals surface area contributed by atoms with Crippen molar-refractivity contribution in [3.05, 3.63) is 96.3 Å². The van der Waals surface area contributed by atoms with E-state index in [1.165, 1.54) is 11.1 Å². The van der Waals surface area contributed by atoms with Crippen molar-refractivity contribution in [2.24, 2.45) is 7.05 Å². The Balaban J connectivity index is 1.70. The van der Waals surface area contributed by atoms with Crippen molar-refractivity contribution in [2.75, 3.05) is 0 Å². The number of benzene rings is 2. The van der Waals surface area contributed by atoms with Crippen LogP contribution in [0.2, 0.25) is 0 Å². The molecule has 0 N–H and O–H groups in total. The molecule has 0 saturated carbocycles. The van der Waals surface area contributed by atoms with Crippen LogP contribution in [0.25, 0.3) is 11.4 Å². The molecule has 4 rings (SSSR count).